The molecule has 0 radical (unpaired) electrons. The van der Waals surface area contributed by atoms with Crippen LogP contribution in [0.25, 0.3) is 0 Å². The smallest absolute Gasteiger partial charge is 0.251 e. The molecule has 0 fully saturated rings. The molecule has 7 nitrogen and oxygen atoms in total. The summed E-state index contributed by atoms with van der Waals surface area (Å²) in [5.41, 5.74) is 0.922. The van der Waals surface area contributed by atoms with E-state index in [0.29, 0.717) is 0 Å². The SMILES string of the molecule is COc1ccc(C(=O)NC(C)c2cccc(O)c2)cc1S(=O)(=O)N(C)C. The molecule has 0 saturated heterocycles. The Labute approximate surface area is 153 Å². The predicted molar refractivity (Wildman–Crippen MR) is 97.9 cm³/mol. The maximum absolute atomic E-state index is 12.5. The van der Waals surface area contributed by atoms with Gasteiger partial charge >= 0.3 is 0 Å². The lowest BCUT2D eigenvalue weighted by Gasteiger charge is -2.17. The van der Waals surface area contributed by atoms with Gasteiger partial charge in [0.1, 0.15) is 16.4 Å². The van der Waals surface area contributed by atoms with Gasteiger partial charge in [0, 0.05) is 19.7 Å². The Morgan fingerprint density at radius 3 is 2.46 bits per heavy atom. The molecule has 0 aliphatic carbocycles. The van der Waals surface area contributed by atoms with Crippen LogP contribution in [0.2, 0.25) is 0 Å². The third kappa shape index (κ3) is 4.14. The van der Waals surface area contributed by atoms with Gasteiger partial charge < -0.3 is 15.2 Å². The molecule has 2 N–H and O–H groups in total. The Kier molecular flexibility index (Phi) is 5.89. The first-order valence-corrected chi connectivity index (χ1v) is 9.31. The molecule has 1 atom stereocenters. The number of hydrogen-bond donors (Lipinski definition) is 2. The first kappa shape index (κ1) is 19.7. The van der Waals surface area contributed by atoms with E-state index in [1.165, 1.54) is 39.4 Å². The molecule has 0 saturated carbocycles. The zero-order chi connectivity index (χ0) is 19.5. The van der Waals surface area contributed by atoms with E-state index in [4.69, 9.17) is 4.74 Å². The maximum Gasteiger partial charge on any atom is 0.251 e. The first-order valence-electron chi connectivity index (χ1n) is 7.87. The van der Waals surface area contributed by atoms with E-state index in [9.17, 15) is 18.3 Å². The molecule has 26 heavy (non-hydrogen) atoms. The third-order valence-corrected chi connectivity index (χ3v) is 5.74. The fourth-order valence-corrected chi connectivity index (χ4v) is 3.45. The molecule has 2 rings (SSSR count). The van der Waals surface area contributed by atoms with Gasteiger partial charge in [0.25, 0.3) is 5.91 Å². The minimum absolute atomic E-state index is 0.0809. The number of amides is 1. The lowest BCUT2D eigenvalue weighted by molar-refractivity contribution is 0.0939. The first-order chi connectivity index (χ1) is 12.2. The molecule has 0 bridgehead atoms. The van der Waals surface area contributed by atoms with Crippen LogP contribution in [0, 0.1) is 0 Å². The van der Waals surface area contributed by atoms with Crippen molar-refractivity contribution in [3.05, 3.63) is 53.6 Å². The van der Waals surface area contributed by atoms with Crippen molar-refractivity contribution >= 4 is 15.9 Å². The number of hydrogen-bond acceptors (Lipinski definition) is 5. The van der Waals surface area contributed by atoms with Crippen LogP contribution in [-0.4, -0.2) is 44.9 Å². The summed E-state index contributed by atoms with van der Waals surface area (Å²) in [5.74, 6) is -0.164. The zero-order valence-corrected chi connectivity index (χ0v) is 15.9. The lowest BCUT2D eigenvalue weighted by atomic mass is 10.1. The third-order valence-electron chi connectivity index (χ3n) is 3.90. The van der Waals surface area contributed by atoms with Gasteiger partial charge in [-0.3, -0.25) is 4.79 Å². The molecule has 2 aromatic rings. The Hall–Kier alpha value is -2.58. The molecule has 140 valence electrons. The number of methoxy groups -OCH3 is 1. The van der Waals surface area contributed by atoms with Crippen molar-refractivity contribution in [2.45, 2.75) is 17.9 Å². The Bertz CT molecular complexity index is 910. The number of rotatable bonds is 6. The number of carbonyl (C=O) groups is 1. The van der Waals surface area contributed by atoms with Gasteiger partial charge in [0.15, 0.2) is 0 Å². The fraction of sp³-hybridized carbons (Fsp3) is 0.278. The van der Waals surface area contributed by atoms with Crippen LogP contribution >= 0.6 is 0 Å². The number of aromatic hydroxyl groups is 1. The monoisotopic (exact) mass is 378 g/mol. The fourth-order valence-electron chi connectivity index (χ4n) is 2.37. The standard InChI is InChI=1S/C18H22N2O5S/c1-12(13-6-5-7-15(21)10-13)19-18(22)14-8-9-16(25-4)17(11-14)26(23,24)20(2)3/h5-12,21H,1-4H3,(H,19,22). The molecule has 0 heterocycles. The quantitative estimate of drug-likeness (QED) is 0.803. The minimum Gasteiger partial charge on any atom is -0.508 e. The van der Waals surface area contributed by atoms with Crippen LogP contribution in [0.5, 0.6) is 11.5 Å². The van der Waals surface area contributed by atoms with E-state index in [1.54, 1.807) is 31.2 Å². The van der Waals surface area contributed by atoms with Crippen LogP contribution in [0.4, 0.5) is 0 Å². The van der Waals surface area contributed by atoms with Crippen LogP contribution in [-0.2, 0) is 10.0 Å². The van der Waals surface area contributed by atoms with E-state index in [0.717, 1.165) is 9.87 Å². The topological polar surface area (TPSA) is 95.9 Å². The minimum atomic E-state index is -3.77. The Morgan fingerprint density at radius 2 is 1.88 bits per heavy atom. The van der Waals surface area contributed by atoms with Gasteiger partial charge in [-0.2, -0.15) is 0 Å². The van der Waals surface area contributed by atoms with E-state index in [1.807, 2.05) is 0 Å². The van der Waals surface area contributed by atoms with Crippen LogP contribution in [0.15, 0.2) is 47.4 Å². The highest BCUT2D eigenvalue weighted by Crippen LogP contribution is 2.27. The highest BCUT2D eigenvalue weighted by Gasteiger charge is 2.24. The summed E-state index contributed by atoms with van der Waals surface area (Å²) in [5, 5.41) is 12.3. The van der Waals surface area contributed by atoms with Gasteiger partial charge in [-0.05, 0) is 42.8 Å². The summed E-state index contributed by atoms with van der Waals surface area (Å²) in [6.07, 6.45) is 0. The molecule has 2 aromatic carbocycles. The van der Waals surface area contributed by atoms with Crippen LogP contribution in [0.3, 0.4) is 0 Å². The average Bonchev–Trinajstić information content (AvgIpc) is 2.60. The van der Waals surface area contributed by atoms with Gasteiger partial charge in [-0.15, -0.1) is 0 Å². The molecule has 0 aliphatic heterocycles. The summed E-state index contributed by atoms with van der Waals surface area (Å²) in [7, 11) is 0.419. The van der Waals surface area contributed by atoms with Gasteiger partial charge in [-0.1, -0.05) is 12.1 Å². The number of phenolic OH excluding ortho intramolecular Hbond substituents is 1. The van der Waals surface area contributed by atoms with Crippen molar-refractivity contribution in [1.82, 2.24) is 9.62 Å². The predicted octanol–water partition coefficient (Wildman–Crippen LogP) is 2.14. The number of carbonyl (C=O) groups excluding carboxylic acids is 1. The zero-order valence-electron chi connectivity index (χ0n) is 15.1. The van der Waals surface area contributed by atoms with E-state index < -0.39 is 15.9 Å². The highest BCUT2D eigenvalue weighted by molar-refractivity contribution is 7.89. The van der Waals surface area contributed by atoms with E-state index in [2.05, 4.69) is 5.32 Å². The van der Waals surface area contributed by atoms with Crippen molar-refractivity contribution in [2.75, 3.05) is 21.2 Å². The van der Waals surface area contributed by atoms with Crippen molar-refractivity contribution in [1.29, 1.82) is 0 Å². The molecule has 1 amide bonds. The number of nitrogens with one attached hydrogen (secondary N) is 1. The summed E-state index contributed by atoms with van der Waals surface area (Å²) in [6.45, 7) is 1.77. The second-order valence-electron chi connectivity index (χ2n) is 5.94. The lowest BCUT2D eigenvalue weighted by Crippen LogP contribution is -2.27. The van der Waals surface area contributed by atoms with Crippen molar-refractivity contribution in [3.63, 3.8) is 0 Å². The maximum atomic E-state index is 12.5. The number of benzene rings is 2. The molecular formula is C18H22N2O5S. The number of ether oxygens (including phenoxy) is 1. The van der Waals surface area contributed by atoms with Gasteiger partial charge in [0.2, 0.25) is 10.0 Å². The largest absolute Gasteiger partial charge is 0.508 e. The highest BCUT2D eigenvalue weighted by atomic mass is 32.2. The Morgan fingerprint density at radius 1 is 1.19 bits per heavy atom. The summed E-state index contributed by atoms with van der Waals surface area (Å²) in [4.78, 5) is 12.5. The molecule has 0 spiro atoms. The van der Waals surface area contributed by atoms with Crippen molar-refractivity contribution in [3.8, 4) is 11.5 Å². The number of phenols is 1. The average molecular weight is 378 g/mol. The molecule has 0 aliphatic rings. The molecule has 0 aromatic heterocycles. The Balaban J connectivity index is 2.32. The van der Waals surface area contributed by atoms with Crippen LogP contribution < -0.4 is 10.1 Å². The van der Waals surface area contributed by atoms with Crippen molar-refractivity contribution < 1.29 is 23.1 Å². The van der Waals surface area contributed by atoms with Crippen molar-refractivity contribution in [2.24, 2.45) is 0 Å². The molecule has 8 heteroatoms. The summed E-state index contributed by atoms with van der Waals surface area (Å²) < 4.78 is 31.1. The van der Waals surface area contributed by atoms with Gasteiger partial charge in [-0.25, -0.2) is 12.7 Å². The molecular weight excluding hydrogens is 356 g/mol. The van der Waals surface area contributed by atoms with Gasteiger partial charge in [0.05, 0.1) is 13.2 Å². The number of sulfonamides is 1. The second kappa shape index (κ2) is 7.76. The van der Waals surface area contributed by atoms with E-state index in [-0.39, 0.29) is 28.0 Å². The summed E-state index contributed by atoms with van der Waals surface area (Å²) >= 11 is 0. The van der Waals surface area contributed by atoms with Crippen LogP contribution in [0.1, 0.15) is 28.9 Å². The summed E-state index contributed by atoms with van der Waals surface area (Å²) in [6, 6.07) is 10.4. The van der Waals surface area contributed by atoms with E-state index >= 15 is 0 Å². The second-order valence-corrected chi connectivity index (χ2v) is 8.06. The normalized spacial score (nSPS) is 12.7. The number of nitrogens with zero attached hydrogens (tertiary/aromatic N) is 1. The molecule has 1 unspecified atom stereocenters.